The van der Waals surface area contributed by atoms with Crippen LogP contribution in [0.3, 0.4) is 0 Å². The van der Waals surface area contributed by atoms with E-state index in [-0.39, 0.29) is 22.6 Å². The van der Waals surface area contributed by atoms with Crippen LogP contribution in [-0.2, 0) is 14.8 Å². The average molecular weight is 462 g/mol. The Balaban J connectivity index is 1.56. The second kappa shape index (κ2) is 8.38. The van der Waals surface area contributed by atoms with Crippen LogP contribution in [0.25, 0.3) is 0 Å². The number of anilines is 1. The molecule has 3 N–H and O–H groups in total. The van der Waals surface area contributed by atoms with Gasteiger partial charge in [-0.2, -0.15) is 0 Å². The van der Waals surface area contributed by atoms with Gasteiger partial charge in [0.2, 0.25) is 15.9 Å². The molecule has 2 heterocycles. The molecule has 0 radical (unpaired) electrons. The van der Waals surface area contributed by atoms with Crippen LogP contribution < -0.4 is 10.5 Å². The standard InChI is InChI=1S/C17H17Cl2N3O4S2/c18-14-9-13(15(19)27-14)17(24)22-7-5-10(6-8-22)16(23)21-11-1-3-12(4-2-11)28(20,25)26/h1-4,9-10H,5-8H2,(H,21,23)(H2,20,25,26). The van der Waals surface area contributed by atoms with Crippen LogP contribution in [0.2, 0.25) is 8.67 Å². The highest BCUT2D eigenvalue weighted by Gasteiger charge is 2.29. The highest BCUT2D eigenvalue weighted by atomic mass is 35.5. The van der Waals surface area contributed by atoms with Crippen molar-refractivity contribution in [2.45, 2.75) is 17.7 Å². The molecule has 11 heteroatoms. The van der Waals surface area contributed by atoms with Gasteiger partial charge >= 0.3 is 0 Å². The van der Waals surface area contributed by atoms with Crippen LogP contribution in [0.5, 0.6) is 0 Å². The third kappa shape index (κ3) is 4.84. The van der Waals surface area contributed by atoms with Gasteiger partial charge in [0.1, 0.15) is 4.34 Å². The number of hydrogen-bond donors (Lipinski definition) is 2. The van der Waals surface area contributed by atoms with E-state index in [9.17, 15) is 18.0 Å². The normalized spacial score (nSPS) is 15.5. The fourth-order valence-electron chi connectivity index (χ4n) is 2.97. The maximum absolute atomic E-state index is 12.5. The summed E-state index contributed by atoms with van der Waals surface area (Å²) in [5.41, 5.74) is 0.866. The Bertz CT molecular complexity index is 998. The molecule has 2 aromatic rings. The van der Waals surface area contributed by atoms with Gasteiger partial charge in [-0.05, 0) is 43.2 Å². The average Bonchev–Trinajstić information content (AvgIpc) is 2.99. The monoisotopic (exact) mass is 461 g/mol. The van der Waals surface area contributed by atoms with Crippen LogP contribution >= 0.6 is 34.5 Å². The summed E-state index contributed by atoms with van der Waals surface area (Å²) < 4.78 is 23.3. The molecule has 1 aliphatic heterocycles. The van der Waals surface area contributed by atoms with Gasteiger partial charge in [0, 0.05) is 24.7 Å². The summed E-state index contributed by atoms with van der Waals surface area (Å²) in [5.74, 6) is -0.610. The molecular formula is C17H17Cl2N3O4S2. The maximum Gasteiger partial charge on any atom is 0.256 e. The third-order valence-electron chi connectivity index (χ3n) is 4.49. The molecule has 0 bridgehead atoms. The molecule has 28 heavy (non-hydrogen) atoms. The van der Waals surface area contributed by atoms with Gasteiger partial charge in [-0.1, -0.05) is 23.2 Å². The van der Waals surface area contributed by atoms with E-state index in [0.29, 0.717) is 45.9 Å². The number of nitrogens with two attached hydrogens (primary N) is 1. The SMILES string of the molecule is NS(=O)(=O)c1ccc(NC(=O)C2CCN(C(=O)c3cc(Cl)sc3Cl)CC2)cc1. The zero-order valence-corrected chi connectivity index (χ0v) is 17.7. The van der Waals surface area contributed by atoms with Gasteiger partial charge in [0.15, 0.2) is 0 Å². The Hall–Kier alpha value is -1.65. The van der Waals surface area contributed by atoms with Gasteiger partial charge in [-0.3, -0.25) is 9.59 Å². The van der Waals surface area contributed by atoms with E-state index in [4.69, 9.17) is 28.3 Å². The summed E-state index contributed by atoms with van der Waals surface area (Å²) in [6.45, 7) is 0.871. The van der Waals surface area contributed by atoms with Crippen LogP contribution in [0.15, 0.2) is 35.2 Å². The van der Waals surface area contributed by atoms with Crippen molar-refractivity contribution in [2.75, 3.05) is 18.4 Å². The topological polar surface area (TPSA) is 110 Å². The number of amides is 2. The molecule has 0 unspecified atom stereocenters. The number of halogens is 2. The number of nitrogens with zero attached hydrogens (tertiary/aromatic N) is 1. The first kappa shape index (κ1) is 21.1. The summed E-state index contributed by atoms with van der Waals surface area (Å²) in [5, 5.41) is 7.82. The van der Waals surface area contributed by atoms with Crippen molar-refractivity contribution in [3.05, 3.63) is 44.6 Å². The number of piperidine rings is 1. The Morgan fingerprint density at radius 3 is 2.25 bits per heavy atom. The number of benzene rings is 1. The highest BCUT2D eigenvalue weighted by molar-refractivity contribution is 7.89. The summed E-state index contributed by atoms with van der Waals surface area (Å²) >= 11 is 13.1. The van der Waals surface area contributed by atoms with Crippen LogP contribution in [-0.4, -0.2) is 38.2 Å². The van der Waals surface area contributed by atoms with Gasteiger partial charge in [0.25, 0.3) is 5.91 Å². The van der Waals surface area contributed by atoms with E-state index in [1.54, 1.807) is 11.0 Å². The van der Waals surface area contributed by atoms with E-state index in [1.165, 1.54) is 24.3 Å². The lowest BCUT2D eigenvalue weighted by atomic mass is 9.95. The number of carbonyl (C=O) groups excluding carboxylic acids is 2. The molecule has 2 amide bonds. The molecule has 0 saturated carbocycles. The lowest BCUT2D eigenvalue weighted by Gasteiger charge is -2.31. The van der Waals surface area contributed by atoms with E-state index >= 15 is 0 Å². The van der Waals surface area contributed by atoms with E-state index in [1.807, 2.05) is 0 Å². The molecule has 1 aromatic heterocycles. The second-order valence-corrected chi connectivity index (χ2v) is 10.2. The van der Waals surface area contributed by atoms with Crippen molar-refractivity contribution in [3.8, 4) is 0 Å². The third-order valence-corrected chi connectivity index (χ3v) is 6.91. The molecule has 1 aromatic carbocycles. The fourth-order valence-corrected chi connectivity index (χ4v) is 4.94. The Kier molecular flexibility index (Phi) is 6.31. The van der Waals surface area contributed by atoms with Crippen LogP contribution in [0.4, 0.5) is 5.69 Å². The number of thiophene rings is 1. The van der Waals surface area contributed by atoms with Crippen LogP contribution in [0.1, 0.15) is 23.2 Å². The number of rotatable bonds is 4. The smallest absolute Gasteiger partial charge is 0.256 e. The molecule has 7 nitrogen and oxygen atoms in total. The second-order valence-electron chi connectivity index (χ2n) is 6.36. The lowest BCUT2D eigenvalue weighted by molar-refractivity contribution is -0.121. The molecule has 150 valence electrons. The minimum atomic E-state index is -3.77. The number of hydrogen-bond acceptors (Lipinski definition) is 5. The summed E-state index contributed by atoms with van der Waals surface area (Å²) in [4.78, 5) is 26.6. The molecule has 3 rings (SSSR count). The van der Waals surface area contributed by atoms with Crippen molar-refractivity contribution in [2.24, 2.45) is 11.1 Å². The molecule has 1 aliphatic rings. The van der Waals surface area contributed by atoms with Crippen LogP contribution in [0, 0.1) is 5.92 Å². The Labute approximate surface area is 176 Å². The number of nitrogens with one attached hydrogen (secondary N) is 1. The summed E-state index contributed by atoms with van der Waals surface area (Å²) in [6, 6.07) is 7.20. The number of likely N-dealkylation sites (tertiary alicyclic amines) is 1. The molecular weight excluding hydrogens is 445 g/mol. The van der Waals surface area contributed by atoms with E-state index in [2.05, 4.69) is 5.32 Å². The van der Waals surface area contributed by atoms with Crippen molar-refractivity contribution < 1.29 is 18.0 Å². The predicted octanol–water partition coefficient (Wildman–Crippen LogP) is 3.19. The largest absolute Gasteiger partial charge is 0.339 e. The summed E-state index contributed by atoms with van der Waals surface area (Å²) in [7, 11) is -3.77. The Morgan fingerprint density at radius 2 is 1.75 bits per heavy atom. The minimum Gasteiger partial charge on any atom is -0.339 e. The number of primary sulfonamides is 1. The first-order chi connectivity index (χ1) is 13.1. The van der Waals surface area contributed by atoms with Gasteiger partial charge in [-0.15, -0.1) is 11.3 Å². The molecule has 0 aliphatic carbocycles. The molecule has 0 spiro atoms. The molecule has 0 atom stereocenters. The number of sulfonamides is 1. The van der Waals surface area contributed by atoms with Gasteiger partial charge in [-0.25, -0.2) is 13.6 Å². The van der Waals surface area contributed by atoms with Gasteiger partial charge in [0.05, 0.1) is 14.8 Å². The van der Waals surface area contributed by atoms with Crippen molar-refractivity contribution >= 4 is 62.1 Å². The lowest BCUT2D eigenvalue weighted by Crippen LogP contribution is -2.41. The highest BCUT2D eigenvalue weighted by Crippen LogP contribution is 2.32. The zero-order valence-electron chi connectivity index (χ0n) is 14.5. The molecule has 1 saturated heterocycles. The predicted molar refractivity (Wildman–Crippen MR) is 109 cm³/mol. The molecule has 1 fully saturated rings. The summed E-state index contributed by atoms with van der Waals surface area (Å²) in [6.07, 6.45) is 1.03. The zero-order chi connectivity index (χ0) is 20.5. The minimum absolute atomic E-state index is 0.0236. The maximum atomic E-state index is 12.5. The van der Waals surface area contributed by atoms with Crippen molar-refractivity contribution in [3.63, 3.8) is 0 Å². The van der Waals surface area contributed by atoms with Crippen molar-refractivity contribution in [1.82, 2.24) is 4.90 Å². The van der Waals surface area contributed by atoms with Crippen molar-refractivity contribution in [1.29, 1.82) is 0 Å². The first-order valence-corrected chi connectivity index (χ1v) is 11.4. The first-order valence-electron chi connectivity index (χ1n) is 8.33. The fraction of sp³-hybridized carbons (Fsp3) is 0.294. The quantitative estimate of drug-likeness (QED) is 0.727. The van der Waals surface area contributed by atoms with E-state index < -0.39 is 10.0 Å². The number of carbonyl (C=O) groups is 2. The van der Waals surface area contributed by atoms with Gasteiger partial charge < -0.3 is 10.2 Å². The Morgan fingerprint density at radius 1 is 1.14 bits per heavy atom. The van der Waals surface area contributed by atoms with E-state index in [0.717, 1.165) is 11.3 Å².